The molecular formula is C20H18BrN3O3S. The molecule has 8 heteroatoms. The van der Waals surface area contributed by atoms with Gasteiger partial charge in [-0.05, 0) is 31.2 Å². The fourth-order valence-electron chi connectivity index (χ4n) is 2.36. The zero-order chi connectivity index (χ0) is 20.1. The Hall–Kier alpha value is -2.71. The van der Waals surface area contributed by atoms with Crippen molar-refractivity contribution in [3.05, 3.63) is 58.6 Å². The Morgan fingerprint density at radius 1 is 1.07 bits per heavy atom. The molecule has 6 nitrogen and oxygen atoms in total. The van der Waals surface area contributed by atoms with E-state index in [1.165, 1.54) is 18.3 Å². The number of carbonyl (C=O) groups is 2. The summed E-state index contributed by atoms with van der Waals surface area (Å²) in [6, 6.07) is 15.0. The third-order valence-corrected chi connectivity index (χ3v) is 5.09. The molecule has 2 aromatic carbocycles. The number of aromatic nitrogens is 1. The summed E-state index contributed by atoms with van der Waals surface area (Å²) in [6.45, 7) is 3.29. The van der Waals surface area contributed by atoms with Gasteiger partial charge in [-0.25, -0.2) is 4.98 Å². The second-order valence-corrected chi connectivity index (χ2v) is 7.95. The molecule has 2 N–H and O–H groups in total. The van der Waals surface area contributed by atoms with Crippen LogP contribution in [0, 0.1) is 6.92 Å². The summed E-state index contributed by atoms with van der Waals surface area (Å²) in [5.41, 5.74) is 2.60. The van der Waals surface area contributed by atoms with Crippen LogP contribution in [0.25, 0.3) is 11.3 Å². The fraction of sp³-hybridized carbons (Fsp3) is 0.150. The SMILES string of the molecule is CC(=O)Nc1sc(NC(=O)COc2ccc(Br)cc2)nc1-c1ccc(C)cc1. The maximum atomic E-state index is 12.2. The quantitative estimate of drug-likeness (QED) is 0.551. The minimum absolute atomic E-state index is 0.142. The van der Waals surface area contributed by atoms with Crippen LogP contribution in [0.3, 0.4) is 0 Å². The molecule has 2 amide bonds. The van der Waals surface area contributed by atoms with Gasteiger partial charge in [0.1, 0.15) is 16.4 Å². The highest BCUT2D eigenvalue weighted by Crippen LogP contribution is 2.36. The summed E-state index contributed by atoms with van der Waals surface area (Å²) in [4.78, 5) is 28.2. The molecule has 0 unspecified atom stereocenters. The number of aryl methyl sites for hydroxylation is 1. The molecule has 0 aliphatic heterocycles. The predicted molar refractivity (Wildman–Crippen MR) is 115 cm³/mol. The van der Waals surface area contributed by atoms with Gasteiger partial charge in [0.15, 0.2) is 11.7 Å². The first kappa shape index (κ1) is 20.0. The predicted octanol–water partition coefficient (Wildman–Crippen LogP) is 4.86. The Kier molecular flexibility index (Phi) is 6.43. The minimum atomic E-state index is -0.332. The standard InChI is InChI=1S/C20H18BrN3O3S/c1-12-3-5-14(6-4-12)18-19(22-13(2)25)28-20(24-18)23-17(26)11-27-16-9-7-15(21)8-10-16/h3-10H,11H2,1-2H3,(H,22,25)(H,23,24,26). The zero-order valence-electron chi connectivity index (χ0n) is 15.3. The molecule has 1 heterocycles. The lowest BCUT2D eigenvalue weighted by Gasteiger charge is -2.05. The van der Waals surface area contributed by atoms with E-state index in [0.717, 1.165) is 15.6 Å². The van der Waals surface area contributed by atoms with Crippen LogP contribution >= 0.6 is 27.3 Å². The molecule has 3 aromatic rings. The highest BCUT2D eigenvalue weighted by molar-refractivity contribution is 9.10. The third-order valence-electron chi connectivity index (χ3n) is 3.67. The maximum absolute atomic E-state index is 12.2. The number of nitrogens with one attached hydrogen (secondary N) is 2. The minimum Gasteiger partial charge on any atom is -0.484 e. The molecule has 28 heavy (non-hydrogen) atoms. The van der Waals surface area contributed by atoms with Gasteiger partial charge < -0.3 is 10.1 Å². The molecular weight excluding hydrogens is 442 g/mol. The Balaban J connectivity index is 1.72. The summed E-state index contributed by atoms with van der Waals surface area (Å²) in [5.74, 6) is 0.0618. The van der Waals surface area contributed by atoms with Gasteiger partial charge >= 0.3 is 0 Å². The van der Waals surface area contributed by atoms with Crippen LogP contribution in [0.5, 0.6) is 5.75 Å². The number of halogens is 1. The number of thiazole rings is 1. The molecule has 0 aliphatic carbocycles. The first-order valence-electron chi connectivity index (χ1n) is 8.44. The fourth-order valence-corrected chi connectivity index (χ4v) is 3.57. The summed E-state index contributed by atoms with van der Waals surface area (Å²) in [5, 5.41) is 6.47. The van der Waals surface area contributed by atoms with E-state index < -0.39 is 0 Å². The van der Waals surface area contributed by atoms with Crippen molar-refractivity contribution in [2.75, 3.05) is 17.2 Å². The van der Waals surface area contributed by atoms with Gasteiger partial charge in [-0.15, -0.1) is 0 Å². The number of anilines is 2. The van der Waals surface area contributed by atoms with Crippen LogP contribution in [0.15, 0.2) is 53.0 Å². The third kappa shape index (κ3) is 5.40. The lowest BCUT2D eigenvalue weighted by Crippen LogP contribution is -2.20. The van der Waals surface area contributed by atoms with Crippen molar-refractivity contribution >= 4 is 49.2 Å². The zero-order valence-corrected chi connectivity index (χ0v) is 17.7. The largest absolute Gasteiger partial charge is 0.484 e. The van der Waals surface area contributed by atoms with E-state index in [1.54, 1.807) is 12.1 Å². The molecule has 0 bridgehead atoms. The van der Waals surface area contributed by atoms with Gasteiger partial charge in [0.05, 0.1) is 0 Å². The van der Waals surface area contributed by atoms with E-state index in [0.29, 0.717) is 21.6 Å². The lowest BCUT2D eigenvalue weighted by atomic mass is 10.1. The van der Waals surface area contributed by atoms with Crippen molar-refractivity contribution in [2.45, 2.75) is 13.8 Å². The first-order chi connectivity index (χ1) is 13.4. The summed E-state index contributed by atoms with van der Waals surface area (Å²) >= 11 is 4.55. The summed E-state index contributed by atoms with van der Waals surface area (Å²) < 4.78 is 6.40. The highest BCUT2D eigenvalue weighted by atomic mass is 79.9. The van der Waals surface area contributed by atoms with Crippen LogP contribution in [0.2, 0.25) is 0 Å². The van der Waals surface area contributed by atoms with E-state index in [4.69, 9.17) is 4.74 Å². The smallest absolute Gasteiger partial charge is 0.264 e. The van der Waals surface area contributed by atoms with Crippen molar-refractivity contribution in [1.82, 2.24) is 4.98 Å². The van der Waals surface area contributed by atoms with Crippen molar-refractivity contribution < 1.29 is 14.3 Å². The Morgan fingerprint density at radius 2 is 1.75 bits per heavy atom. The molecule has 0 saturated carbocycles. The number of hydrogen-bond acceptors (Lipinski definition) is 5. The first-order valence-corrected chi connectivity index (χ1v) is 10.1. The van der Waals surface area contributed by atoms with Crippen molar-refractivity contribution in [3.8, 4) is 17.0 Å². The molecule has 0 aliphatic rings. The molecule has 0 spiro atoms. The number of amides is 2. The van der Waals surface area contributed by atoms with Crippen LogP contribution in [0.4, 0.5) is 10.1 Å². The van der Waals surface area contributed by atoms with Crippen molar-refractivity contribution in [3.63, 3.8) is 0 Å². The second-order valence-electron chi connectivity index (χ2n) is 6.03. The highest BCUT2D eigenvalue weighted by Gasteiger charge is 2.16. The molecule has 0 atom stereocenters. The molecule has 1 aromatic heterocycles. The molecule has 0 saturated heterocycles. The Bertz CT molecular complexity index is 985. The molecule has 3 rings (SSSR count). The van der Waals surface area contributed by atoms with E-state index >= 15 is 0 Å². The van der Waals surface area contributed by atoms with Gasteiger partial charge in [0.2, 0.25) is 5.91 Å². The number of rotatable bonds is 6. The normalized spacial score (nSPS) is 10.4. The van der Waals surface area contributed by atoms with E-state index in [9.17, 15) is 9.59 Å². The Morgan fingerprint density at radius 3 is 2.39 bits per heavy atom. The number of nitrogens with zero attached hydrogens (tertiary/aromatic N) is 1. The van der Waals surface area contributed by atoms with Gasteiger partial charge in [0, 0.05) is 17.0 Å². The van der Waals surface area contributed by atoms with Crippen LogP contribution in [0.1, 0.15) is 12.5 Å². The number of hydrogen-bond donors (Lipinski definition) is 2. The van der Waals surface area contributed by atoms with Crippen LogP contribution < -0.4 is 15.4 Å². The summed E-state index contributed by atoms with van der Waals surface area (Å²) in [6.07, 6.45) is 0. The van der Waals surface area contributed by atoms with Gasteiger partial charge in [-0.1, -0.05) is 57.1 Å². The van der Waals surface area contributed by atoms with Gasteiger partial charge in [-0.2, -0.15) is 0 Å². The maximum Gasteiger partial charge on any atom is 0.264 e. The second kappa shape index (κ2) is 8.99. The van der Waals surface area contributed by atoms with Crippen LogP contribution in [-0.2, 0) is 9.59 Å². The topological polar surface area (TPSA) is 80.3 Å². The molecule has 144 valence electrons. The van der Waals surface area contributed by atoms with Crippen LogP contribution in [-0.4, -0.2) is 23.4 Å². The van der Waals surface area contributed by atoms with Crippen molar-refractivity contribution in [2.24, 2.45) is 0 Å². The van der Waals surface area contributed by atoms with Gasteiger partial charge in [-0.3, -0.25) is 14.9 Å². The average molecular weight is 460 g/mol. The number of benzene rings is 2. The number of ether oxygens (including phenoxy) is 1. The number of carbonyl (C=O) groups excluding carboxylic acids is 2. The van der Waals surface area contributed by atoms with E-state index in [-0.39, 0.29) is 18.4 Å². The van der Waals surface area contributed by atoms with Crippen molar-refractivity contribution in [1.29, 1.82) is 0 Å². The Labute approximate surface area is 175 Å². The van der Waals surface area contributed by atoms with E-state index in [2.05, 4.69) is 31.5 Å². The molecule has 0 radical (unpaired) electrons. The lowest BCUT2D eigenvalue weighted by molar-refractivity contribution is -0.118. The van der Waals surface area contributed by atoms with Gasteiger partial charge in [0.25, 0.3) is 5.91 Å². The monoisotopic (exact) mass is 459 g/mol. The average Bonchev–Trinajstić information content (AvgIpc) is 3.03. The van der Waals surface area contributed by atoms with E-state index in [1.807, 2.05) is 43.3 Å². The molecule has 0 fully saturated rings. The summed E-state index contributed by atoms with van der Waals surface area (Å²) in [7, 11) is 0.